The Kier molecular flexibility index (Phi) is 4.07. The summed E-state index contributed by atoms with van der Waals surface area (Å²) in [6.07, 6.45) is 4.61. The summed E-state index contributed by atoms with van der Waals surface area (Å²) in [6, 6.07) is 1.94. The summed E-state index contributed by atoms with van der Waals surface area (Å²) >= 11 is 1.62. The summed E-state index contributed by atoms with van der Waals surface area (Å²) < 4.78 is 1.47. The maximum atomic E-state index is 13.0. The third-order valence-electron chi connectivity index (χ3n) is 5.79. The van der Waals surface area contributed by atoms with Gasteiger partial charge in [-0.2, -0.15) is 0 Å². The molecule has 0 N–H and O–H groups in total. The van der Waals surface area contributed by atoms with Crippen molar-refractivity contribution in [2.75, 3.05) is 0 Å². The smallest absolute Gasteiger partial charge is 0.262 e. The predicted octanol–water partition coefficient (Wildman–Crippen LogP) is 4.06. The van der Waals surface area contributed by atoms with Gasteiger partial charge in [0.05, 0.1) is 18.3 Å². The van der Waals surface area contributed by atoms with E-state index >= 15 is 0 Å². The van der Waals surface area contributed by atoms with E-state index in [1.807, 2.05) is 26.8 Å². The molecule has 0 radical (unpaired) electrons. The fourth-order valence-electron chi connectivity index (χ4n) is 3.87. The highest BCUT2D eigenvalue weighted by atomic mass is 32.1. The van der Waals surface area contributed by atoms with E-state index in [-0.39, 0.29) is 17.9 Å². The molecule has 26 heavy (non-hydrogen) atoms. The van der Waals surface area contributed by atoms with Crippen molar-refractivity contribution >= 4 is 27.3 Å². The lowest BCUT2D eigenvalue weighted by Crippen LogP contribution is -2.25. The topological polar surface area (TPSA) is 52.0 Å². The Morgan fingerprint density at radius 1 is 1.15 bits per heavy atom. The molecule has 4 nitrogen and oxygen atoms in total. The molecule has 0 bridgehead atoms. The minimum atomic E-state index is -0.0824. The zero-order chi connectivity index (χ0) is 18.6. The van der Waals surface area contributed by atoms with Gasteiger partial charge in [-0.25, -0.2) is 4.98 Å². The van der Waals surface area contributed by atoms with Crippen LogP contribution < -0.4 is 5.56 Å². The van der Waals surface area contributed by atoms with E-state index in [0.717, 1.165) is 51.7 Å². The Bertz CT molecular complexity index is 1120. The number of ketones is 1. The average Bonchev–Trinajstić information content (AvgIpc) is 3.19. The predicted molar refractivity (Wildman–Crippen MR) is 106 cm³/mol. The largest absolute Gasteiger partial charge is 0.292 e. The first kappa shape index (κ1) is 17.2. The summed E-state index contributed by atoms with van der Waals surface area (Å²) in [5, 5.41) is 0.728. The number of rotatable bonds is 3. The lowest BCUT2D eigenvalue weighted by atomic mass is 9.92. The first-order chi connectivity index (χ1) is 12.4. The fourth-order valence-corrected chi connectivity index (χ4v) is 5.09. The highest BCUT2D eigenvalue weighted by molar-refractivity contribution is 7.18. The molecule has 1 aromatic carbocycles. The Morgan fingerprint density at radius 3 is 2.69 bits per heavy atom. The van der Waals surface area contributed by atoms with E-state index in [1.165, 1.54) is 21.3 Å². The van der Waals surface area contributed by atoms with Gasteiger partial charge in [0.25, 0.3) is 5.56 Å². The zero-order valence-electron chi connectivity index (χ0n) is 15.6. The zero-order valence-corrected chi connectivity index (χ0v) is 16.4. The maximum Gasteiger partial charge on any atom is 0.262 e. The van der Waals surface area contributed by atoms with E-state index < -0.39 is 0 Å². The van der Waals surface area contributed by atoms with Crippen molar-refractivity contribution in [3.63, 3.8) is 0 Å². The van der Waals surface area contributed by atoms with Crippen LogP contribution in [0.5, 0.6) is 0 Å². The molecule has 4 rings (SSSR count). The van der Waals surface area contributed by atoms with Gasteiger partial charge in [-0.3, -0.25) is 14.2 Å². The van der Waals surface area contributed by atoms with Crippen LogP contribution in [-0.4, -0.2) is 15.3 Å². The molecule has 134 valence electrons. The van der Waals surface area contributed by atoms with Crippen molar-refractivity contribution in [1.29, 1.82) is 0 Å². The third-order valence-corrected chi connectivity index (χ3v) is 6.99. The van der Waals surface area contributed by atoms with E-state index in [2.05, 4.69) is 11.9 Å². The van der Waals surface area contributed by atoms with Crippen LogP contribution in [-0.2, 0) is 19.4 Å². The SMILES string of the molecule is Cc1cc(C(=O)Cn2cnc3sc4c(c3c2=O)CCC4)c(C)c(C)c1C. The standard InChI is InChI=1S/C21H22N2O2S/c1-11-8-16(14(4)13(3)12(11)2)17(24)9-23-10-22-20-19(21(23)25)15-6-5-7-18(15)26-20/h8,10H,5-7,9H2,1-4H3. The molecule has 0 saturated carbocycles. The summed E-state index contributed by atoms with van der Waals surface area (Å²) in [5.74, 6) is -0.0381. The van der Waals surface area contributed by atoms with Crippen LogP contribution in [0.1, 0.15) is 49.5 Å². The number of carbonyl (C=O) groups is 1. The molecule has 0 aliphatic heterocycles. The molecular weight excluding hydrogens is 344 g/mol. The van der Waals surface area contributed by atoms with Gasteiger partial charge >= 0.3 is 0 Å². The molecule has 0 fully saturated rings. The van der Waals surface area contributed by atoms with Gasteiger partial charge in [0.15, 0.2) is 5.78 Å². The van der Waals surface area contributed by atoms with Crippen LogP contribution in [0.2, 0.25) is 0 Å². The van der Waals surface area contributed by atoms with E-state index in [4.69, 9.17) is 0 Å². The first-order valence-corrected chi connectivity index (χ1v) is 9.80. The van der Waals surface area contributed by atoms with Crippen molar-refractivity contribution < 1.29 is 4.79 Å². The van der Waals surface area contributed by atoms with Gasteiger partial charge in [0.1, 0.15) is 4.83 Å². The lowest BCUT2D eigenvalue weighted by Gasteiger charge is -2.14. The van der Waals surface area contributed by atoms with Crippen LogP contribution in [0.15, 0.2) is 17.2 Å². The van der Waals surface area contributed by atoms with Gasteiger partial charge in [0.2, 0.25) is 0 Å². The van der Waals surface area contributed by atoms with Crippen LogP contribution in [0.4, 0.5) is 0 Å². The molecule has 0 spiro atoms. The van der Waals surface area contributed by atoms with Crippen molar-refractivity contribution in [2.45, 2.75) is 53.5 Å². The summed E-state index contributed by atoms with van der Waals surface area (Å²) in [5.41, 5.74) is 6.24. The van der Waals surface area contributed by atoms with Crippen LogP contribution in [0.3, 0.4) is 0 Å². The molecule has 3 aromatic rings. The first-order valence-electron chi connectivity index (χ1n) is 8.98. The number of nitrogens with zero attached hydrogens (tertiary/aromatic N) is 2. The second-order valence-corrected chi connectivity index (χ2v) is 8.34. The highest BCUT2D eigenvalue weighted by Crippen LogP contribution is 2.34. The van der Waals surface area contributed by atoms with Gasteiger partial charge in [0, 0.05) is 10.4 Å². The average molecular weight is 366 g/mol. The van der Waals surface area contributed by atoms with Crippen molar-refractivity contribution in [3.8, 4) is 0 Å². The number of aryl methyl sites for hydroxylation is 3. The van der Waals surface area contributed by atoms with E-state index in [1.54, 1.807) is 11.3 Å². The van der Waals surface area contributed by atoms with E-state index in [9.17, 15) is 9.59 Å². The fraction of sp³-hybridized carbons (Fsp3) is 0.381. The maximum absolute atomic E-state index is 13.0. The number of aromatic nitrogens is 2. The Hall–Kier alpha value is -2.27. The molecular formula is C21H22N2O2S. The van der Waals surface area contributed by atoms with Gasteiger partial charge in [-0.15, -0.1) is 11.3 Å². The van der Waals surface area contributed by atoms with Crippen molar-refractivity contribution in [2.24, 2.45) is 0 Å². The van der Waals surface area contributed by atoms with Crippen molar-refractivity contribution in [1.82, 2.24) is 9.55 Å². The Morgan fingerprint density at radius 2 is 1.92 bits per heavy atom. The normalized spacial score (nSPS) is 13.4. The molecule has 0 unspecified atom stereocenters. The number of thiophene rings is 1. The Labute approximate surface area is 156 Å². The minimum Gasteiger partial charge on any atom is -0.292 e. The lowest BCUT2D eigenvalue weighted by molar-refractivity contribution is 0.0970. The van der Waals surface area contributed by atoms with Gasteiger partial charge in [-0.05, 0) is 80.8 Å². The van der Waals surface area contributed by atoms with Crippen molar-refractivity contribution in [3.05, 3.63) is 61.0 Å². The highest BCUT2D eigenvalue weighted by Gasteiger charge is 2.22. The number of hydrogen-bond donors (Lipinski definition) is 0. The second-order valence-electron chi connectivity index (χ2n) is 7.25. The van der Waals surface area contributed by atoms with Crippen LogP contribution >= 0.6 is 11.3 Å². The number of benzene rings is 1. The number of hydrogen-bond acceptors (Lipinski definition) is 4. The number of fused-ring (bicyclic) bond motifs is 3. The molecule has 0 atom stereocenters. The Balaban J connectivity index is 1.75. The molecule has 2 heterocycles. The summed E-state index contributed by atoms with van der Waals surface area (Å²) in [6.45, 7) is 8.15. The quantitative estimate of drug-likeness (QED) is 0.657. The molecule has 1 aliphatic carbocycles. The van der Waals surface area contributed by atoms with Crippen LogP contribution in [0, 0.1) is 27.7 Å². The number of carbonyl (C=O) groups excluding carboxylic acids is 1. The monoisotopic (exact) mass is 366 g/mol. The summed E-state index contributed by atoms with van der Waals surface area (Å²) in [7, 11) is 0. The number of Topliss-reactive ketones (excluding diaryl/α,β-unsaturated/α-hetero) is 1. The molecule has 1 aliphatic rings. The third kappa shape index (κ3) is 2.53. The molecule has 5 heteroatoms. The second kappa shape index (κ2) is 6.16. The summed E-state index contributed by atoms with van der Waals surface area (Å²) in [4.78, 5) is 32.4. The van der Waals surface area contributed by atoms with Gasteiger partial charge < -0.3 is 0 Å². The van der Waals surface area contributed by atoms with E-state index in [0.29, 0.717) is 5.56 Å². The molecule has 2 aromatic heterocycles. The molecule has 0 amide bonds. The molecule has 0 saturated heterocycles. The minimum absolute atomic E-state index is 0.0369. The van der Waals surface area contributed by atoms with Crippen LogP contribution in [0.25, 0.3) is 10.2 Å². The van der Waals surface area contributed by atoms with Gasteiger partial charge in [-0.1, -0.05) is 0 Å².